The summed E-state index contributed by atoms with van der Waals surface area (Å²) in [5.41, 5.74) is 0. The van der Waals surface area contributed by atoms with Crippen LogP contribution in [-0.4, -0.2) is 34.9 Å². The minimum absolute atomic E-state index is 0.0630. The summed E-state index contributed by atoms with van der Waals surface area (Å²) in [6, 6.07) is -0.616. The Labute approximate surface area is 370 Å². The van der Waals surface area contributed by atoms with Crippen LogP contribution >= 0.6 is 0 Å². The van der Waals surface area contributed by atoms with Crippen molar-refractivity contribution in [2.45, 2.75) is 302 Å². The van der Waals surface area contributed by atoms with Gasteiger partial charge in [-0.2, -0.15) is 0 Å². The van der Waals surface area contributed by atoms with Crippen LogP contribution in [0.1, 0.15) is 290 Å². The first kappa shape index (κ1) is 57.6. The highest BCUT2D eigenvalue weighted by atomic mass is 16.3. The van der Waals surface area contributed by atoms with Crippen molar-refractivity contribution in [3.8, 4) is 0 Å². The van der Waals surface area contributed by atoms with E-state index in [0.717, 1.165) is 32.1 Å². The standard InChI is InChI=1S/C55H105NO3/c1-3-5-7-9-11-13-14-15-16-17-18-19-20-21-22-23-24-25-26-27-28-29-30-31-32-33-34-35-36-37-38-39-40-41-42-43-45-47-49-51-55(59)56-53(52-57)54(58)50-48-46-44-12-10-8-6-4-2/h14-15,17-18,48,50,53-54,57-58H,3-13,16,19-47,49,51-52H2,1-2H3,(H,56,59)/b15-14-,18-17-,50-48+. The van der Waals surface area contributed by atoms with Crippen LogP contribution in [0, 0.1) is 0 Å². The summed E-state index contributed by atoms with van der Waals surface area (Å²) in [5, 5.41) is 22.9. The molecule has 4 nitrogen and oxygen atoms in total. The minimum atomic E-state index is -0.833. The number of hydrogen-bond acceptors (Lipinski definition) is 3. The summed E-state index contributed by atoms with van der Waals surface area (Å²) in [7, 11) is 0. The fourth-order valence-electron chi connectivity index (χ4n) is 8.27. The van der Waals surface area contributed by atoms with Crippen LogP contribution in [0.2, 0.25) is 0 Å². The summed E-state index contributed by atoms with van der Waals surface area (Å²) in [6.07, 6.45) is 69.0. The van der Waals surface area contributed by atoms with E-state index in [2.05, 4.69) is 43.5 Å². The monoisotopic (exact) mass is 828 g/mol. The SMILES string of the molecule is CCCCCCC/C=C\C/C=C\CCCCCCCCCCCCCCCCCCCCCCCCCCCCCC(=O)NC(CO)C(O)/C=C/CCCCCCCC. The molecule has 0 heterocycles. The third-order valence-electron chi connectivity index (χ3n) is 12.4. The quantitative estimate of drug-likeness (QED) is 0.0423. The highest BCUT2D eigenvalue weighted by Crippen LogP contribution is 2.17. The Balaban J connectivity index is 3.33. The number of carbonyl (C=O) groups is 1. The molecule has 0 spiro atoms. The van der Waals surface area contributed by atoms with Gasteiger partial charge in [-0.25, -0.2) is 0 Å². The molecule has 0 saturated carbocycles. The van der Waals surface area contributed by atoms with Crippen LogP contribution in [0.3, 0.4) is 0 Å². The fraction of sp³-hybridized carbons (Fsp3) is 0.873. The van der Waals surface area contributed by atoms with Gasteiger partial charge < -0.3 is 15.5 Å². The minimum Gasteiger partial charge on any atom is -0.394 e. The van der Waals surface area contributed by atoms with E-state index < -0.39 is 12.1 Å². The van der Waals surface area contributed by atoms with Gasteiger partial charge in [0.2, 0.25) is 5.91 Å². The van der Waals surface area contributed by atoms with Gasteiger partial charge in [-0.3, -0.25) is 4.79 Å². The Bertz CT molecular complexity index is 897. The van der Waals surface area contributed by atoms with Crippen molar-refractivity contribution in [3.63, 3.8) is 0 Å². The van der Waals surface area contributed by atoms with Crippen molar-refractivity contribution in [3.05, 3.63) is 36.5 Å². The molecule has 59 heavy (non-hydrogen) atoms. The molecule has 0 aliphatic rings. The average molecular weight is 828 g/mol. The maximum atomic E-state index is 12.3. The molecule has 0 saturated heterocycles. The molecule has 0 aliphatic carbocycles. The number of hydrogen-bond donors (Lipinski definition) is 3. The Morgan fingerprint density at radius 1 is 0.407 bits per heavy atom. The number of amides is 1. The van der Waals surface area contributed by atoms with E-state index in [9.17, 15) is 15.0 Å². The topological polar surface area (TPSA) is 69.6 Å². The number of unbranched alkanes of at least 4 members (excludes halogenated alkanes) is 38. The summed E-state index contributed by atoms with van der Waals surface area (Å²) in [4.78, 5) is 12.3. The van der Waals surface area contributed by atoms with E-state index in [1.165, 1.54) is 238 Å². The molecular formula is C55H105NO3. The van der Waals surface area contributed by atoms with Crippen molar-refractivity contribution in [1.82, 2.24) is 5.32 Å². The Morgan fingerprint density at radius 3 is 1.02 bits per heavy atom. The molecule has 0 fully saturated rings. The lowest BCUT2D eigenvalue weighted by molar-refractivity contribution is -0.123. The van der Waals surface area contributed by atoms with E-state index in [0.29, 0.717) is 6.42 Å². The molecule has 2 atom stereocenters. The van der Waals surface area contributed by atoms with E-state index in [1.54, 1.807) is 6.08 Å². The number of aliphatic hydroxyl groups is 2. The van der Waals surface area contributed by atoms with E-state index in [1.807, 2.05) is 6.08 Å². The molecular weight excluding hydrogens is 723 g/mol. The number of rotatable bonds is 49. The van der Waals surface area contributed by atoms with Crippen molar-refractivity contribution < 1.29 is 15.0 Å². The molecule has 0 radical (unpaired) electrons. The first-order chi connectivity index (χ1) is 29.2. The van der Waals surface area contributed by atoms with Crippen molar-refractivity contribution in [2.75, 3.05) is 6.61 Å². The van der Waals surface area contributed by atoms with E-state index >= 15 is 0 Å². The number of nitrogens with one attached hydrogen (secondary N) is 1. The van der Waals surface area contributed by atoms with E-state index in [4.69, 9.17) is 0 Å². The highest BCUT2D eigenvalue weighted by Gasteiger charge is 2.18. The predicted molar refractivity (Wildman–Crippen MR) is 262 cm³/mol. The van der Waals surface area contributed by atoms with E-state index in [-0.39, 0.29) is 12.5 Å². The third-order valence-corrected chi connectivity index (χ3v) is 12.4. The van der Waals surface area contributed by atoms with Crippen molar-refractivity contribution >= 4 is 5.91 Å². The van der Waals surface area contributed by atoms with Crippen LogP contribution in [-0.2, 0) is 4.79 Å². The highest BCUT2D eigenvalue weighted by molar-refractivity contribution is 5.76. The molecule has 0 aromatic rings. The summed E-state index contributed by atoms with van der Waals surface area (Å²) >= 11 is 0. The Hall–Kier alpha value is -1.39. The maximum Gasteiger partial charge on any atom is 0.220 e. The van der Waals surface area contributed by atoms with Crippen LogP contribution in [0.25, 0.3) is 0 Å². The lowest BCUT2D eigenvalue weighted by Crippen LogP contribution is -2.45. The number of carbonyl (C=O) groups excluding carboxylic acids is 1. The predicted octanol–water partition coefficient (Wildman–Crippen LogP) is 17.3. The second-order valence-corrected chi connectivity index (χ2v) is 18.3. The summed E-state index contributed by atoms with van der Waals surface area (Å²) < 4.78 is 0. The second-order valence-electron chi connectivity index (χ2n) is 18.3. The zero-order chi connectivity index (χ0) is 42.8. The molecule has 2 unspecified atom stereocenters. The first-order valence-corrected chi connectivity index (χ1v) is 26.7. The van der Waals surface area contributed by atoms with Gasteiger partial charge in [0, 0.05) is 6.42 Å². The molecule has 0 aromatic heterocycles. The molecule has 0 aliphatic heterocycles. The van der Waals surface area contributed by atoms with Crippen LogP contribution in [0.4, 0.5) is 0 Å². The Morgan fingerprint density at radius 2 is 0.695 bits per heavy atom. The molecule has 3 N–H and O–H groups in total. The second kappa shape index (κ2) is 51.0. The number of aliphatic hydroxyl groups excluding tert-OH is 2. The van der Waals surface area contributed by atoms with Gasteiger partial charge >= 0.3 is 0 Å². The smallest absolute Gasteiger partial charge is 0.220 e. The average Bonchev–Trinajstić information content (AvgIpc) is 3.24. The molecule has 0 aromatic carbocycles. The zero-order valence-electron chi connectivity index (χ0n) is 40.0. The molecule has 4 heteroatoms. The fourth-order valence-corrected chi connectivity index (χ4v) is 8.27. The van der Waals surface area contributed by atoms with Crippen LogP contribution in [0.5, 0.6) is 0 Å². The van der Waals surface area contributed by atoms with Gasteiger partial charge in [-0.1, -0.05) is 269 Å². The van der Waals surface area contributed by atoms with Gasteiger partial charge in [0.05, 0.1) is 18.8 Å². The van der Waals surface area contributed by atoms with Gasteiger partial charge in [0.1, 0.15) is 0 Å². The van der Waals surface area contributed by atoms with Gasteiger partial charge in [-0.15, -0.1) is 0 Å². The normalized spacial score (nSPS) is 13.1. The van der Waals surface area contributed by atoms with Gasteiger partial charge in [0.15, 0.2) is 0 Å². The van der Waals surface area contributed by atoms with Crippen molar-refractivity contribution in [2.24, 2.45) is 0 Å². The molecule has 0 bridgehead atoms. The maximum absolute atomic E-state index is 12.3. The third kappa shape index (κ3) is 47.5. The lowest BCUT2D eigenvalue weighted by atomic mass is 10.0. The molecule has 1 amide bonds. The van der Waals surface area contributed by atoms with Crippen molar-refractivity contribution in [1.29, 1.82) is 0 Å². The van der Waals surface area contributed by atoms with Crippen LogP contribution in [0.15, 0.2) is 36.5 Å². The zero-order valence-corrected chi connectivity index (χ0v) is 40.0. The summed E-state index contributed by atoms with van der Waals surface area (Å²) in [6.45, 7) is 4.27. The Kier molecular flexibility index (Phi) is 49.8. The first-order valence-electron chi connectivity index (χ1n) is 26.7. The van der Waals surface area contributed by atoms with Gasteiger partial charge in [-0.05, 0) is 51.4 Å². The lowest BCUT2D eigenvalue weighted by Gasteiger charge is -2.20. The van der Waals surface area contributed by atoms with Crippen LogP contribution < -0.4 is 5.32 Å². The largest absolute Gasteiger partial charge is 0.394 e. The van der Waals surface area contributed by atoms with Gasteiger partial charge in [0.25, 0.3) is 0 Å². The number of allylic oxidation sites excluding steroid dienone is 5. The summed E-state index contributed by atoms with van der Waals surface area (Å²) in [5.74, 6) is -0.0630. The molecule has 0 rings (SSSR count). The molecule has 348 valence electrons.